The lowest BCUT2D eigenvalue weighted by Crippen LogP contribution is -2.51. The van der Waals surface area contributed by atoms with Crippen molar-refractivity contribution < 1.29 is 22.7 Å². The van der Waals surface area contributed by atoms with Crippen LogP contribution in [-0.2, 0) is 26.2 Å². The van der Waals surface area contributed by atoms with Crippen molar-refractivity contribution in [2.75, 3.05) is 25.0 Å². The minimum Gasteiger partial charge on any atom is -0.497 e. The third kappa shape index (κ3) is 6.72. The monoisotopic (exact) mass is 537 g/mol. The first kappa shape index (κ1) is 28.7. The minimum absolute atomic E-state index is 0.0234. The number of ether oxygens (including phenoxy) is 1. The number of hydrogen-bond acceptors (Lipinski definition) is 5. The smallest absolute Gasteiger partial charge is 0.264 e. The van der Waals surface area contributed by atoms with Gasteiger partial charge >= 0.3 is 0 Å². The summed E-state index contributed by atoms with van der Waals surface area (Å²) >= 11 is 0. The molecule has 0 aliphatic carbocycles. The highest BCUT2D eigenvalue weighted by Gasteiger charge is 2.33. The Morgan fingerprint density at radius 2 is 1.61 bits per heavy atom. The Morgan fingerprint density at radius 3 is 2.16 bits per heavy atom. The van der Waals surface area contributed by atoms with Gasteiger partial charge in [0.15, 0.2) is 0 Å². The molecule has 0 heterocycles. The molecule has 0 aliphatic heterocycles. The third-order valence-electron chi connectivity index (χ3n) is 6.32. The Bertz CT molecular complexity index is 1360. The van der Waals surface area contributed by atoms with Crippen molar-refractivity contribution in [2.24, 2.45) is 0 Å². The first-order valence-corrected chi connectivity index (χ1v) is 13.8. The maximum absolute atomic E-state index is 13.9. The molecule has 38 heavy (non-hydrogen) atoms. The number of likely N-dealkylation sites (N-methyl/N-ethyl adjacent to an activating group) is 1. The normalized spacial score (nSPS) is 11.9. The number of nitrogens with zero attached hydrogens (tertiary/aromatic N) is 2. The lowest BCUT2D eigenvalue weighted by atomic mass is 10.1. The van der Waals surface area contributed by atoms with E-state index in [1.807, 2.05) is 45.0 Å². The van der Waals surface area contributed by atoms with Gasteiger partial charge in [-0.3, -0.25) is 13.9 Å². The average Bonchev–Trinajstić information content (AvgIpc) is 2.91. The molecule has 0 saturated carbocycles. The van der Waals surface area contributed by atoms with Crippen LogP contribution in [0.5, 0.6) is 5.75 Å². The van der Waals surface area contributed by atoms with E-state index in [0.717, 1.165) is 21.0 Å². The summed E-state index contributed by atoms with van der Waals surface area (Å²) in [4.78, 5) is 28.2. The summed E-state index contributed by atoms with van der Waals surface area (Å²) < 4.78 is 33.9. The van der Waals surface area contributed by atoms with Gasteiger partial charge in [0, 0.05) is 13.6 Å². The number of sulfonamides is 1. The summed E-state index contributed by atoms with van der Waals surface area (Å²) in [5, 5.41) is 2.63. The van der Waals surface area contributed by atoms with Crippen LogP contribution in [0.1, 0.15) is 30.0 Å². The van der Waals surface area contributed by atoms with E-state index in [-0.39, 0.29) is 17.3 Å². The van der Waals surface area contributed by atoms with Crippen molar-refractivity contribution in [3.8, 4) is 5.75 Å². The molecule has 0 radical (unpaired) electrons. The van der Waals surface area contributed by atoms with Crippen molar-refractivity contribution in [1.29, 1.82) is 0 Å². The molecule has 0 bridgehead atoms. The Labute approximate surface area is 225 Å². The summed E-state index contributed by atoms with van der Waals surface area (Å²) in [7, 11) is -1.11. The van der Waals surface area contributed by atoms with Gasteiger partial charge in [-0.05, 0) is 62.2 Å². The summed E-state index contributed by atoms with van der Waals surface area (Å²) in [5.41, 5.74) is 3.17. The maximum Gasteiger partial charge on any atom is 0.264 e. The van der Waals surface area contributed by atoms with E-state index in [1.54, 1.807) is 36.4 Å². The fourth-order valence-electron chi connectivity index (χ4n) is 4.21. The van der Waals surface area contributed by atoms with Crippen LogP contribution in [0.15, 0.2) is 77.7 Å². The molecular weight excluding hydrogens is 502 g/mol. The molecule has 1 unspecified atom stereocenters. The summed E-state index contributed by atoms with van der Waals surface area (Å²) in [6.07, 6.45) is 0.368. The van der Waals surface area contributed by atoms with Crippen LogP contribution < -0.4 is 14.4 Å². The Balaban J connectivity index is 2.05. The molecule has 0 aromatic heterocycles. The van der Waals surface area contributed by atoms with Crippen LogP contribution in [-0.4, -0.2) is 51.9 Å². The number of rotatable bonds is 11. The standard InChI is InChI=1S/C29H35N3O5S/c1-6-27(29(34)30-4)31(19-23-9-7-8-22(3)18-23)28(33)20-32(24-12-10-21(2)11-13-24)38(35,36)26-16-14-25(37-5)15-17-26/h7-18,27H,6,19-20H2,1-5H3,(H,30,34). The molecule has 9 heteroatoms. The van der Waals surface area contributed by atoms with Crippen LogP contribution in [0.4, 0.5) is 5.69 Å². The lowest BCUT2D eigenvalue weighted by Gasteiger charge is -2.33. The van der Waals surface area contributed by atoms with E-state index in [2.05, 4.69) is 5.32 Å². The molecule has 3 rings (SSSR count). The number of hydrogen-bond donors (Lipinski definition) is 1. The molecular formula is C29H35N3O5S. The zero-order chi connectivity index (χ0) is 27.9. The van der Waals surface area contributed by atoms with Crippen molar-refractivity contribution in [1.82, 2.24) is 10.2 Å². The Kier molecular flexibility index (Phi) is 9.52. The number of carbonyl (C=O) groups is 2. The fourth-order valence-corrected chi connectivity index (χ4v) is 5.62. The zero-order valence-corrected chi connectivity index (χ0v) is 23.3. The Morgan fingerprint density at radius 1 is 0.947 bits per heavy atom. The summed E-state index contributed by atoms with van der Waals surface area (Å²) in [5.74, 6) is -0.282. The predicted octanol–water partition coefficient (Wildman–Crippen LogP) is 4.06. The highest BCUT2D eigenvalue weighted by molar-refractivity contribution is 7.92. The van der Waals surface area contributed by atoms with Crippen molar-refractivity contribution in [3.05, 3.63) is 89.5 Å². The number of carbonyl (C=O) groups excluding carboxylic acids is 2. The van der Waals surface area contributed by atoms with Gasteiger partial charge in [-0.25, -0.2) is 8.42 Å². The van der Waals surface area contributed by atoms with Crippen molar-refractivity contribution in [2.45, 2.75) is 44.7 Å². The van der Waals surface area contributed by atoms with Crippen LogP contribution in [0, 0.1) is 13.8 Å². The number of anilines is 1. The second kappa shape index (κ2) is 12.6. The molecule has 2 amide bonds. The van der Waals surface area contributed by atoms with E-state index in [4.69, 9.17) is 4.74 Å². The SMILES string of the molecule is CCC(C(=O)NC)N(Cc1cccc(C)c1)C(=O)CN(c1ccc(C)cc1)S(=O)(=O)c1ccc(OC)cc1. The number of nitrogens with one attached hydrogen (secondary N) is 1. The van der Waals surface area contributed by atoms with E-state index < -0.39 is 28.5 Å². The first-order chi connectivity index (χ1) is 18.1. The summed E-state index contributed by atoms with van der Waals surface area (Å²) in [6, 6.07) is 19.8. The third-order valence-corrected chi connectivity index (χ3v) is 8.10. The van der Waals surface area contributed by atoms with E-state index >= 15 is 0 Å². The molecule has 0 fully saturated rings. The second-order valence-electron chi connectivity index (χ2n) is 9.07. The molecule has 0 spiro atoms. The summed E-state index contributed by atoms with van der Waals surface area (Å²) in [6.45, 7) is 5.36. The molecule has 1 N–H and O–H groups in total. The van der Waals surface area contributed by atoms with Gasteiger partial charge in [-0.2, -0.15) is 0 Å². The van der Waals surface area contributed by atoms with Crippen LogP contribution in [0.2, 0.25) is 0 Å². The number of amides is 2. The topological polar surface area (TPSA) is 96.0 Å². The average molecular weight is 538 g/mol. The largest absolute Gasteiger partial charge is 0.497 e. The molecule has 1 atom stereocenters. The lowest BCUT2D eigenvalue weighted by molar-refractivity contribution is -0.140. The number of benzene rings is 3. The highest BCUT2D eigenvalue weighted by atomic mass is 32.2. The Hall–Kier alpha value is -3.85. The second-order valence-corrected chi connectivity index (χ2v) is 10.9. The van der Waals surface area contributed by atoms with E-state index in [0.29, 0.717) is 17.9 Å². The van der Waals surface area contributed by atoms with Gasteiger partial charge in [0.2, 0.25) is 11.8 Å². The van der Waals surface area contributed by atoms with Gasteiger partial charge in [0.25, 0.3) is 10.0 Å². The maximum atomic E-state index is 13.9. The quantitative estimate of drug-likeness (QED) is 0.398. The van der Waals surface area contributed by atoms with Gasteiger partial charge < -0.3 is 15.0 Å². The number of aryl methyl sites for hydroxylation is 2. The van der Waals surface area contributed by atoms with Crippen molar-refractivity contribution >= 4 is 27.5 Å². The highest BCUT2D eigenvalue weighted by Crippen LogP contribution is 2.26. The molecule has 0 aliphatic rings. The molecule has 202 valence electrons. The van der Waals surface area contributed by atoms with Gasteiger partial charge in [0.1, 0.15) is 18.3 Å². The van der Waals surface area contributed by atoms with Gasteiger partial charge in [-0.1, -0.05) is 54.4 Å². The fraction of sp³-hybridized carbons (Fsp3) is 0.310. The molecule has 8 nitrogen and oxygen atoms in total. The molecule has 3 aromatic carbocycles. The minimum atomic E-state index is -4.13. The first-order valence-electron chi connectivity index (χ1n) is 12.4. The van der Waals surface area contributed by atoms with Crippen LogP contribution in [0.25, 0.3) is 0 Å². The van der Waals surface area contributed by atoms with Crippen LogP contribution >= 0.6 is 0 Å². The zero-order valence-electron chi connectivity index (χ0n) is 22.5. The van der Waals surface area contributed by atoms with Gasteiger partial charge in [0.05, 0.1) is 17.7 Å². The number of methoxy groups -OCH3 is 1. The predicted molar refractivity (Wildman–Crippen MR) is 149 cm³/mol. The van der Waals surface area contributed by atoms with E-state index in [1.165, 1.54) is 31.2 Å². The van der Waals surface area contributed by atoms with Gasteiger partial charge in [-0.15, -0.1) is 0 Å². The molecule has 3 aromatic rings. The van der Waals surface area contributed by atoms with Crippen molar-refractivity contribution in [3.63, 3.8) is 0 Å². The van der Waals surface area contributed by atoms with E-state index in [9.17, 15) is 18.0 Å². The van der Waals surface area contributed by atoms with Crippen LogP contribution in [0.3, 0.4) is 0 Å². The molecule has 0 saturated heterocycles.